The van der Waals surface area contributed by atoms with E-state index in [9.17, 15) is 13.2 Å². The molecule has 1 atom stereocenters. The second-order valence-corrected chi connectivity index (χ2v) is 4.15. The Balaban J connectivity index is 2.63. The molecule has 0 amide bonds. The molecule has 0 aromatic heterocycles. The molecular formula is C13H18F3N. The number of nitrogens with one attached hydrogen (secondary N) is 1. The molecule has 0 fully saturated rings. The van der Waals surface area contributed by atoms with Crippen LogP contribution in [0.4, 0.5) is 13.2 Å². The summed E-state index contributed by atoms with van der Waals surface area (Å²) in [5, 5.41) is 3.20. The summed E-state index contributed by atoms with van der Waals surface area (Å²) in [6.45, 7) is 4.49. The lowest BCUT2D eigenvalue weighted by Gasteiger charge is -2.16. The van der Waals surface area contributed by atoms with Crippen molar-refractivity contribution in [2.24, 2.45) is 0 Å². The largest absolute Gasteiger partial charge is 0.310 e. The highest BCUT2D eigenvalue weighted by molar-refractivity contribution is 5.19. The van der Waals surface area contributed by atoms with Gasteiger partial charge in [-0.05, 0) is 30.5 Å². The van der Waals surface area contributed by atoms with Crippen molar-refractivity contribution >= 4 is 0 Å². The molecule has 0 aliphatic rings. The van der Waals surface area contributed by atoms with Crippen molar-refractivity contribution in [3.05, 3.63) is 35.1 Å². The minimum atomic E-state index is -1.41. The molecule has 1 aromatic rings. The maximum atomic E-state index is 13.0. The van der Waals surface area contributed by atoms with Gasteiger partial charge < -0.3 is 5.32 Å². The van der Waals surface area contributed by atoms with Gasteiger partial charge >= 0.3 is 0 Å². The van der Waals surface area contributed by atoms with E-state index in [0.717, 1.165) is 31.4 Å². The fourth-order valence-corrected chi connectivity index (χ4v) is 1.77. The molecule has 0 aliphatic heterocycles. The Bertz CT molecular complexity index is 343. The predicted octanol–water partition coefficient (Wildman–Crippen LogP) is 3.77. The van der Waals surface area contributed by atoms with Gasteiger partial charge in [-0.15, -0.1) is 0 Å². The molecule has 1 aromatic carbocycles. The first-order valence-corrected chi connectivity index (χ1v) is 5.95. The van der Waals surface area contributed by atoms with Gasteiger partial charge in [0.2, 0.25) is 0 Å². The Morgan fingerprint density at radius 3 is 2.18 bits per heavy atom. The van der Waals surface area contributed by atoms with Gasteiger partial charge in [-0.25, -0.2) is 13.2 Å². The van der Waals surface area contributed by atoms with Crippen LogP contribution in [0, 0.1) is 17.5 Å². The summed E-state index contributed by atoms with van der Waals surface area (Å²) in [5.74, 6) is -3.68. The van der Waals surface area contributed by atoms with Gasteiger partial charge in [0.1, 0.15) is 0 Å². The summed E-state index contributed by atoms with van der Waals surface area (Å²) in [5.41, 5.74) is 0.427. The number of hydrogen-bond donors (Lipinski definition) is 1. The minimum Gasteiger partial charge on any atom is -0.310 e. The Morgan fingerprint density at radius 2 is 1.71 bits per heavy atom. The molecule has 0 aliphatic carbocycles. The molecule has 96 valence electrons. The first-order chi connectivity index (χ1) is 8.08. The van der Waals surface area contributed by atoms with Gasteiger partial charge in [0.05, 0.1) is 0 Å². The van der Waals surface area contributed by atoms with Crippen LogP contribution in [0.1, 0.15) is 38.7 Å². The van der Waals surface area contributed by atoms with Crippen LogP contribution in [0.3, 0.4) is 0 Å². The molecule has 0 saturated carbocycles. The first kappa shape index (κ1) is 14.0. The van der Waals surface area contributed by atoms with E-state index in [1.54, 1.807) is 0 Å². The predicted molar refractivity (Wildman–Crippen MR) is 62.1 cm³/mol. The average molecular weight is 245 g/mol. The molecule has 1 unspecified atom stereocenters. The van der Waals surface area contributed by atoms with Crippen LogP contribution in [0.2, 0.25) is 0 Å². The lowest BCUT2D eigenvalue weighted by molar-refractivity contribution is 0.437. The molecule has 0 radical (unpaired) electrons. The van der Waals surface area contributed by atoms with Gasteiger partial charge in [-0.1, -0.05) is 20.3 Å². The molecule has 4 heteroatoms. The van der Waals surface area contributed by atoms with E-state index in [0.29, 0.717) is 18.2 Å². The monoisotopic (exact) mass is 245 g/mol. The Kier molecular flexibility index (Phi) is 5.48. The summed E-state index contributed by atoms with van der Waals surface area (Å²) < 4.78 is 38.6. The van der Waals surface area contributed by atoms with Crippen molar-refractivity contribution in [2.75, 3.05) is 0 Å². The summed E-state index contributed by atoms with van der Waals surface area (Å²) in [6.07, 6.45) is 3.03. The van der Waals surface area contributed by atoms with E-state index in [-0.39, 0.29) is 0 Å². The standard InChI is InChI=1S/C13H18F3N/c1-3-5-10(4-2)17-8-9-6-11(14)13(16)12(15)7-9/h6-7,10,17H,3-5,8H2,1-2H3. The molecule has 0 saturated heterocycles. The second kappa shape index (κ2) is 6.64. The minimum absolute atomic E-state index is 0.330. The van der Waals surface area contributed by atoms with E-state index in [1.165, 1.54) is 0 Å². The van der Waals surface area contributed by atoms with E-state index < -0.39 is 17.5 Å². The van der Waals surface area contributed by atoms with Crippen molar-refractivity contribution in [3.63, 3.8) is 0 Å². The zero-order valence-corrected chi connectivity index (χ0v) is 10.2. The third-order valence-electron chi connectivity index (χ3n) is 2.77. The van der Waals surface area contributed by atoms with Crippen LogP contribution < -0.4 is 5.32 Å². The van der Waals surface area contributed by atoms with Crippen molar-refractivity contribution in [2.45, 2.75) is 45.7 Å². The fraction of sp³-hybridized carbons (Fsp3) is 0.538. The van der Waals surface area contributed by atoms with Crippen LogP contribution in [0.25, 0.3) is 0 Å². The van der Waals surface area contributed by atoms with E-state index in [2.05, 4.69) is 19.2 Å². The van der Waals surface area contributed by atoms with Crippen LogP contribution in [-0.2, 0) is 6.54 Å². The van der Waals surface area contributed by atoms with Crippen LogP contribution >= 0.6 is 0 Å². The smallest absolute Gasteiger partial charge is 0.194 e. The molecule has 0 heterocycles. The van der Waals surface area contributed by atoms with Crippen molar-refractivity contribution in [3.8, 4) is 0 Å². The molecule has 1 rings (SSSR count). The maximum Gasteiger partial charge on any atom is 0.194 e. The number of halogens is 3. The zero-order chi connectivity index (χ0) is 12.8. The highest BCUT2D eigenvalue weighted by Crippen LogP contribution is 2.14. The number of benzene rings is 1. The van der Waals surface area contributed by atoms with Crippen LogP contribution in [0.5, 0.6) is 0 Å². The average Bonchev–Trinajstić information content (AvgIpc) is 2.31. The normalized spacial score (nSPS) is 12.8. The van der Waals surface area contributed by atoms with Gasteiger partial charge in [0.25, 0.3) is 0 Å². The zero-order valence-electron chi connectivity index (χ0n) is 10.2. The van der Waals surface area contributed by atoms with Gasteiger partial charge in [-0.2, -0.15) is 0 Å². The fourth-order valence-electron chi connectivity index (χ4n) is 1.77. The van der Waals surface area contributed by atoms with Gasteiger partial charge in [0.15, 0.2) is 17.5 Å². The third-order valence-corrected chi connectivity index (χ3v) is 2.77. The Hall–Kier alpha value is -1.03. The van der Waals surface area contributed by atoms with Crippen LogP contribution in [-0.4, -0.2) is 6.04 Å². The molecule has 17 heavy (non-hydrogen) atoms. The topological polar surface area (TPSA) is 12.0 Å². The quantitative estimate of drug-likeness (QED) is 0.752. The highest BCUT2D eigenvalue weighted by Gasteiger charge is 2.11. The van der Waals surface area contributed by atoms with Crippen molar-refractivity contribution in [1.29, 1.82) is 0 Å². The third kappa shape index (κ3) is 4.04. The number of rotatable bonds is 6. The van der Waals surface area contributed by atoms with E-state index >= 15 is 0 Å². The van der Waals surface area contributed by atoms with E-state index in [4.69, 9.17) is 0 Å². The first-order valence-electron chi connectivity index (χ1n) is 5.95. The van der Waals surface area contributed by atoms with E-state index in [1.807, 2.05) is 0 Å². The molecule has 1 nitrogen and oxygen atoms in total. The summed E-state index contributed by atoms with van der Waals surface area (Å²) in [7, 11) is 0. The molecular weight excluding hydrogens is 227 g/mol. The lowest BCUT2D eigenvalue weighted by atomic mass is 10.1. The van der Waals surface area contributed by atoms with Crippen molar-refractivity contribution in [1.82, 2.24) is 5.32 Å². The highest BCUT2D eigenvalue weighted by atomic mass is 19.2. The molecule has 0 spiro atoms. The second-order valence-electron chi connectivity index (χ2n) is 4.15. The van der Waals surface area contributed by atoms with Crippen LogP contribution in [0.15, 0.2) is 12.1 Å². The van der Waals surface area contributed by atoms with Crippen molar-refractivity contribution < 1.29 is 13.2 Å². The number of hydrogen-bond acceptors (Lipinski definition) is 1. The van der Waals surface area contributed by atoms with Gasteiger partial charge in [0, 0.05) is 12.6 Å². The lowest BCUT2D eigenvalue weighted by Crippen LogP contribution is -2.27. The maximum absolute atomic E-state index is 13.0. The summed E-state index contributed by atoms with van der Waals surface area (Å²) in [6, 6.07) is 2.39. The summed E-state index contributed by atoms with van der Waals surface area (Å²) in [4.78, 5) is 0. The molecule has 1 N–H and O–H groups in total. The van der Waals surface area contributed by atoms with Gasteiger partial charge in [-0.3, -0.25) is 0 Å². The SMILES string of the molecule is CCCC(CC)NCc1cc(F)c(F)c(F)c1. The molecule has 0 bridgehead atoms. The summed E-state index contributed by atoms with van der Waals surface area (Å²) >= 11 is 0. The Morgan fingerprint density at radius 1 is 1.12 bits per heavy atom. The Labute approximate surface area is 100 Å².